The second kappa shape index (κ2) is 12.1. The number of nitrogens with zero attached hydrogens (tertiary/aromatic N) is 3. The molecule has 3 nitrogen and oxygen atoms in total. The Morgan fingerprint density at radius 3 is 1.89 bits per heavy atom. The molecule has 10 rings (SSSR count). The summed E-state index contributed by atoms with van der Waals surface area (Å²) in [5, 5.41) is 5.07. The van der Waals surface area contributed by atoms with Crippen LogP contribution < -0.4 is 0 Å². The molecule has 0 saturated carbocycles. The minimum absolute atomic E-state index is 0.123. The maximum absolute atomic E-state index is 5.27. The summed E-state index contributed by atoms with van der Waals surface area (Å²) in [5.74, 6) is 0.899. The summed E-state index contributed by atoms with van der Waals surface area (Å²) in [5.41, 5.74) is 14.2. The quantitative estimate of drug-likeness (QED) is 0.168. The molecule has 0 saturated heterocycles. The van der Waals surface area contributed by atoms with Crippen molar-refractivity contribution in [3.63, 3.8) is 0 Å². The standard InChI is InChI=1S/C51H41N3/c1-5-51(4)41-25-12-11-24-40(41)50(2,3)42-31-38-39(32-43(42)51)46(33-18-7-6-8-19-33)36-22-9-10-23-37(36)47(38)34-20-17-21-35(30-34)49-53-48(44-26-13-15-28-52-44)45-27-14-16-29-54(45)49/h6-32H,5H2,1-4H3. The normalized spacial score (nSPS) is 16.1. The summed E-state index contributed by atoms with van der Waals surface area (Å²) in [7, 11) is 0. The Kier molecular flexibility index (Phi) is 7.25. The molecule has 1 atom stereocenters. The van der Waals surface area contributed by atoms with E-state index in [9.17, 15) is 0 Å². The van der Waals surface area contributed by atoms with Gasteiger partial charge in [0.2, 0.25) is 0 Å². The van der Waals surface area contributed by atoms with Crippen molar-refractivity contribution in [2.45, 2.75) is 44.9 Å². The van der Waals surface area contributed by atoms with E-state index in [0.29, 0.717) is 0 Å². The topological polar surface area (TPSA) is 30.2 Å². The number of benzene rings is 6. The Labute approximate surface area is 316 Å². The number of rotatable bonds is 5. The van der Waals surface area contributed by atoms with Crippen molar-refractivity contribution in [1.82, 2.24) is 14.4 Å². The molecular formula is C51H41N3. The fourth-order valence-electron chi connectivity index (χ4n) is 9.35. The molecule has 260 valence electrons. The third kappa shape index (κ3) is 4.67. The van der Waals surface area contributed by atoms with Gasteiger partial charge < -0.3 is 0 Å². The highest BCUT2D eigenvalue weighted by Gasteiger charge is 2.43. The molecule has 9 aromatic rings. The zero-order chi connectivity index (χ0) is 36.6. The highest BCUT2D eigenvalue weighted by Crippen LogP contribution is 2.54. The van der Waals surface area contributed by atoms with Gasteiger partial charge in [0.05, 0.1) is 11.2 Å². The van der Waals surface area contributed by atoms with Crippen LogP contribution in [0, 0.1) is 0 Å². The fourth-order valence-corrected chi connectivity index (χ4v) is 9.35. The average molecular weight is 696 g/mol. The lowest BCUT2D eigenvalue weighted by Crippen LogP contribution is -2.38. The molecule has 0 bridgehead atoms. The largest absolute Gasteiger partial charge is 0.299 e. The Hall–Kier alpha value is -6.32. The van der Waals surface area contributed by atoms with E-state index in [-0.39, 0.29) is 10.8 Å². The van der Waals surface area contributed by atoms with Gasteiger partial charge in [-0.25, -0.2) is 4.98 Å². The molecule has 6 aromatic carbocycles. The van der Waals surface area contributed by atoms with Crippen molar-refractivity contribution < 1.29 is 0 Å². The van der Waals surface area contributed by atoms with E-state index in [2.05, 4.69) is 177 Å². The average Bonchev–Trinajstić information content (AvgIpc) is 3.62. The van der Waals surface area contributed by atoms with E-state index in [0.717, 1.165) is 34.7 Å². The predicted octanol–water partition coefficient (Wildman–Crippen LogP) is 13.1. The molecule has 0 aliphatic heterocycles. The second-order valence-corrected chi connectivity index (χ2v) is 15.5. The number of aromatic nitrogens is 3. The number of fused-ring (bicyclic) bond motifs is 5. The van der Waals surface area contributed by atoms with Gasteiger partial charge >= 0.3 is 0 Å². The number of hydrogen-bond acceptors (Lipinski definition) is 2. The molecule has 0 radical (unpaired) electrons. The van der Waals surface area contributed by atoms with Gasteiger partial charge in [0.15, 0.2) is 0 Å². The highest BCUT2D eigenvalue weighted by molar-refractivity contribution is 6.22. The molecule has 54 heavy (non-hydrogen) atoms. The van der Waals surface area contributed by atoms with E-state index in [1.807, 2.05) is 24.4 Å². The van der Waals surface area contributed by atoms with Crippen molar-refractivity contribution in [1.29, 1.82) is 0 Å². The third-order valence-corrected chi connectivity index (χ3v) is 12.3. The van der Waals surface area contributed by atoms with Gasteiger partial charge in [-0.2, -0.15) is 0 Å². The van der Waals surface area contributed by atoms with Gasteiger partial charge in [-0.3, -0.25) is 9.38 Å². The fraction of sp³-hybridized carbons (Fsp3) is 0.137. The number of hydrogen-bond donors (Lipinski definition) is 0. The lowest BCUT2D eigenvalue weighted by molar-refractivity contribution is 0.477. The van der Waals surface area contributed by atoms with Crippen LogP contribution in [-0.4, -0.2) is 14.4 Å². The summed E-state index contributed by atoms with van der Waals surface area (Å²) >= 11 is 0. The summed E-state index contributed by atoms with van der Waals surface area (Å²) in [6, 6.07) is 55.5. The van der Waals surface area contributed by atoms with Crippen LogP contribution in [-0.2, 0) is 10.8 Å². The Bertz CT molecular complexity index is 2900. The van der Waals surface area contributed by atoms with Gasteiger partial charge in [-0.05, 0) is 115 Å². The molecule has 1 aliphatic carbocycles. The maximum atomic E-state index is 5.27. The SMILES string of the molecule is CCC1(C)c2ccccc2C(C)(C)c2cc3c(-c4cccc(-c5nc(-c6ccccn6)c6ccccn56)c4)c4ccccc4c(-c4ccccc4)c3cc21. The Balaban J connectivity index is 1.30. The van der Waals surface area contributed by atoms with E-state index in [1.165, 1.54) is 66.1 Å². The first-order chi connectivity index (χ1) is 26.4. The van der Waals surface area contributed by atoms with Crippen LogP contribution >= 0.6 is 0 Å². The molecule has 1 aliphatic rings. The van der Waals surface area contributed by atoms with Crippen molar-refractivity contribution >= 4 is 27.1 Å². The summed E-state index contributed by atoms with van der Waals surface area (Å²) in [6.45, 7) is 9.62. The molecule has 3 heterocycles. The van der Waals surface area contributed by atoms with Gasteiger partial charge in [0.25, 0.3) is 0 Å². The minimum atomic E-state index is -0.177. The summed E-state index contributed by atoms with van der Waals surface area (Å²) < 4.78 is 2.19. The van der Waals surface area contributed by atoms with Crippen LogP contribution in [0.15, 0.2) is 164 Å². The van der Waals surface area contributed by atoms with E-state index in [4.69, 9.17) is 4.98 Å². The first-order valence-corrected chi connectivity index (χ1v) is 19.1. The van der Waals surface area contributed by atoms with Crippen LogP contribution in [0.4, 0.5) is 0 Å². The van der Waals surface area contributed by atoms with Crippen molar-refractivity contribution in [2.24, 2.45) is 0 Å². The molecule has 3 aromatic heterocycles. The van der Waals surface area contributed by atoms with Crippen LogP contribution in [0.3, 0.4) is 0 Å². The Morgan fingerprint density at radius 1 is 0.519 bits per heavy atom. The van der Waals surface area contributed by atoms with Gasteiger partial charge in [0.1, 0.15) is 11.5 Å². The van der Waals surface area contributed by atoms with E-state index in [1.54, 1.807) is 0 Å². The lowest BCUT2D eigenvalue weighted by atomic mass is 9.58. The molecule has 0 N–H and O–H groups in total. The van der Waals surface area contributed by atoms with Crippen molar-refractivity contribution in [2.75, 3.05) is 0 Å². The number of imidazole rings is 1. The van der Waals surface area contributed by atoms with E-state index >= 15 is 0 Å². The molecule has 0 amide bonds. The summed E-state index contributed by atoms with van der Waals surface area (Å²) in [6.07, 6.45) is 4.95. The van der Waals surface area contributed by atoms with Crippen LogP contribution in [0.2, 0.25) is 0 Å². The van der Waals surface area contributed by atoms with Gasteiger partial charge in [-0.15, -0.1) is 0 Å². The monoisotopic (exact) mass is 695 g/mol. The lowest BCUT2D eigenvalue weighted by Gasteiger charge is -2.45. The second-order valence-electron chi connectivity index (χ2n) is 15.5. The van der Waals surface area contributed by atoms with Crippen LogP contribution in [0.5, 0.6) is 0 Å². The number of pyridine rings is 2. The molecule has 0 fully saturated rings. The maximum Gasteiger partial charge on any atom is 0.145 e. The first-order valence-electron chi connectivity index (χ1n) is 19.1. The highest BCUT2D eigenvalue weighted by atomic mass is 15.0. The van der Waals surface area contributed by atoms with Gasteiger partial charge in [-0.1, -0.05) is 137 Å². The Morgan fingerprint density at radius 2 is 1.15 bits per heavy atom. The first kappa shape index (κ1) is 32.3. The molecule has 0 spiro atoms. The van der Waals surface area contributed by atoms with Crippen molar-refractivity contribution in [3.8, 4) is 45.0 Å². The van der Waals surface area contributed by atoms with Gasteiger partial charge in [0, 0.05) is 28.8 Å². The zero-order valence-electron chi connectivity index (χ0n) is 31.1. The zero-order valence-corrected chi connectivity index (χ0v) is 31.1. The van der Waals surface area contributed by atoms with Crippen LogP contribution in [0.1, 0.15) is 56.4 Å². The molecule has 3 heteroatoms. The predicted molar refractivity (Wildman–Crippen MR) is 225 cm³/mol. The van der Waals surface area contributed by atoms with E-state index < -0.39 is 0 Å². The summed E-state index contributed by atoms with van der Waals surface area (Å²) in [4.78, 5) is 9.94. The van der Waals surface area contributed by atoms with Crippen LogP contribution in [0.25, 0.3) is 72.1 Å². The smallest absolute Gasteiger partial charge is 0.145 e. The third-order valence-electron chi connectivity index (χ3n) is 12.3. The van der Waals surface area contributed by atoms with Crippen molar-refractivity contribution in [3.05, 3.63) is 186 Å². The minimum Gasteiger partial charge on any atom is -0.299 e. The molecular weight excluding hydrogens is 655 g/mol. The molecule has 1 unspecified atom stereocenters.